The lowest BCUT2D eigenvalue weighted by molar-refractivity contribution is 0.109. The standard InChI is InChI=1S/C16H14N2OS3/c1-9-4-3-5-11(6-9)13-8-21-16(18-13)17-12-7-10(2)22-14(12)15(19)20/h3-8H,1-2H3,(H,17,18)(H,19,20). The zero-order valence-electron chi connectivity index (χ0n) is 12.1. The van der Waals surface area contributed by atoms with E-state index in [9.17, 15) is 4.79 Å². The Kier molecular flexibility index (Phi) is 4.33. The average molecular weight is 347 g/mol. The predicted molar refractivity (Wildman–Crippen MR) is 97.9 cm³/mol. The molecule has 2 heterocycles. The average Bonchev–Trinajstić information content (AvgIpc) is 3.06. The first-order valence-corrected chi connectivity index (χ1v) is 8.80. The zero-order chi connectivity index (χ0) is 15.7. The molecule has 3 aromatic rings. The number of hydrogen-bond donors (Lipinski definition) is 2. The summed E-state index contributed by atoms with van der Waals surface area (Å²) in [6, 6.07) is 10.2. The van der Waals surface area contributed by atoms with Gasteiger partial charge < -0.3 is 5.32 Å². The molecule has 0 aliphatic heterocycles. The van der Waals surface area contributed by atoms with Crippen molar-refractivity contribution in [1.29, 1.82) is 0 Å². The number of hydrogen-bond acceptors (Lipinski definition) is 5. The van der Waals surface area contributed by atoms with Crippen molar-refractivity contribution in [2.45, 2.75) is 13.8 Å². The van der Waals surface area contributed by atoms with E-state index in [1.54, 1.807) is 0 Å². The lowest BCUT2D eigenvalue weighted by Crippen LogP contribution is -1.94. The van der Waals surface area contributed by atoms with Crippen LogP contribution in [0.1, 0.15) is 20.1 Å². The monoisotopic (exact) mass is 346 g/mol. The maximum atomic E-state index is 11.6. The zero-order valence-corrected chi connectivity index (χ0v) is 14.6. The molecule has 0 fully saturated rings. The largest absolute Gasteiger partial charge is 0.330 e. The molecule has 0 unspecified atom stereocenters. The van der Waals surface area contributed by atoms with E-state index in [-0.39, 0.29) is 5.12 Å². The van der Waals surface area contributed by atoms with Crippen molar-refractivity contribution in [3.05, 3.63) is 51.0 Å². The first-order valence-electron chi connectivity index (χ1n) is 6.66. The van der Waals surface area contributed by atoms with Crippen LogP contribution in [-0.2, 0) is 0 Å². The topological polar surface area (TPSA) is 42.0 Å². The maximum Gasteiger partial charge on any atom is 0.228 e. The predicted octanol–water partition coefficient (Wildman–Crippen LogP) is 5.30. The van der Waals surface area contributed by atoms with Gasteiger partial charge in [-0.3, -0.25) is 4.79 Å². The first kappa shape index (κ1) is 15.3. The minimum atomic E-state index is -0.226. The van der Waals surface area contributed by atoms with E-state index in [0.29, 0.717) is 4.88 Å². The van der Waals surface area contributed by atoms with Crippen LogP contribution in [0.3, 0.4) is 0 Å². The highest BCUT2D eigenvalue weighted by Crippen LogP contribution is 2.33. The highest BCUT2D eigenvalue weighted by atomic mass is 32.1. The van der Waals surface area contributed by atoms with E-state index in [0.717, 1.165) is 27.0 Å². The molecule has 0 atom stereocenters. The second kappa shape index (κ2) is 6.24. The summed E-state index contributed by atoms with van der Waals surface area (Å²) in [4.78, 5) is 17.8. The fourth-order valence-corrected chi connectivity index (χ4v) is 3.94. The van der Waals surface area contributed by atoms with Gasteiger partial charge in [-0.1, -0.05) is 36.4 Å². The highest BCUT2D eigenvalue weighted by molar-refractivity contribution is 7.97. The van der Waals surface area contributed by atoms with Crippen molar-refractivity contribution in [3.63, 3.8) is 0 Å². The molecule has 0 bridgehead atoms. The molecule has 0 aliphatic carbocycles. The van der Waals surface area contributed by atoms with Crippen molar-refractivity contribution in [1.82, 2.24) is 4.98 Å². The molecule has 3 rings (SSSR count). The number of thiol groups is 1. The number of carbonyl (C=O) groups excluding carboxylic acids is 1. The minimum Gasteiger partial charge on any atom is -0.330 e. The van der Waals surface area contributed by atoms with E-state index in [2.05, 4.69) is 42.0 Å². The quantitative estimate of drug-likeness (QED) is 0.630. The Morgan fingerprint density at radius 3 is 2.82 bits per heavy atom. The van der Waals surface area contributed by atoms with Gasteiger partial charge in [0, 0.05) is 15.8 Å². The van der Waals surface area contributed by atoms with Crippen LogP contribution in [0.4, 0.5) is 10.8 Å². The Morgan fingerprint density at radius 1 is 1.27 bits per heavy atom. The van der Waals surface area contributed by atoms with Crippen molar-refractivity contribution < 1.29 is 4.79 Å². The highest BCUT2D eigenvalue weighted by Gasteiger charge is 2.14. The summed E-state index contributed by atoms with van der Waals surface area (Å²) in [6.07, 6.45) is 0. The van der Waals surface area contributed by atoms with Crippen LogP contribution >= 0.6 is 35.3 Å². The fourth-order valence-electron chi connectivity index (χ4n) is 2.15. The number of carbonyl (C=O) groups is 1. The van der Waals surface area contributed by atoms with E-state index in [4.69, 9.17) is 0 Å². The van der Waals surface area contributed by atoms with Crippen molar-refractivity contribution in [2.24, 2.45) is 0 Å². The molecule has 0 aliphatic rings. The third-order valence-corrected chi connectivity index (χ3v) is 5.29. The minimum absolute atomic E-state index is 0.226. The Labute approximate surface area is 142 Å². The fraction of sp³-hybridized carbons (Fsp3) is 0.125. The van der Waals surface area contributed by atoms with E-state index < -0.39 is 0 Å². The third-order valence-electron chi connectivity index (χ3n) is 3.11. The van der Waals surface area contributed by atoms with Gasteiger partial charge in [0.2, 0.25) is 5.12 Å². The molecular weight excluding hydrogens is 332 g/mol. The molecule has 0 saturated heterocycles. The van der Waals surface area contributed by atoms with Crippen molar-refractivity contribution >= 4 is 51.2 Å². The molecule has 3 nitrogen and oxygen atoms in total. The summed E-state index contributed by atoms with van der Waals surface area (Å²) in [6.45, 7) is 4.03. The summed E-state index contributed by atoms with van der Waals surface area (Å²) in [5.41, 5.74) is 4.00. The molecule has 6 heteroatoms. The summed E-state index contributed by atoms with van der Waals surface area (Å²) in [7, 11) is 0. The van der Waals surface area contributed by atoms with Crippen molar-refractivity contribution in [2.75, 3.05) is 5.32 Å². The van der Waals surface area contributed by atoms with Crippen LogP contribution in [-0.4, -0.2) is 10.1 Å². The summed E-state index contributed by atoms with van der Waals surface area (Å²) in [5, 5.41) is 5.78. The van der Waals surface area contributed by atoms with E-state index in [1.165, 1.54) is 28.2 Å². The molecule has 0 amide bonds. The molecule has 2 aromatic heterocycles. The van der Waals surface area contributed by atoms with Crippen LogP contribution < -0.4 is 5.32 Å². The molecule has 1 aromatic carbocycles. The second-order valence-electron chi connectivity index (χ2n) is 4.94. The number of aryl methyl sites for hydroxylation is 2. The Hall–Kier alpha value is -1.63. The van der Waals surface area contributed by atoms with Crippen LogP contribution in [0.15, 0.2) is 35.7 Å². The molecule has 0 radical (unpaired) electrons. The van der Waals surface area contributed by atoms with Crippen LogP contribution in [0, 0.1) is 13.8 Å². The summed E-state index contributed by atoms with van der Waals surface area (Å²) in [5.74, 6) is 0. The number of anilines is 2. The molecule has 112 valence electrons. The molecule has 0 saturated carbocycles. The van der Waals surface area contributed by atoms with E-state index in [1.807, 2.05) is 30.5 Å². The van der Waals surface area contributed by atoms with E-state index >= 15 is 0 Å². The maximum absolute atomic E-state index is 11.6. The SMILES string of the molecule is Cc1cccc(-c2csc(Nc3cc(C)sc3C(=O)S)n2)c1. The first-order chi connectivity index (χ1) is 10.5. The Balaban J connectivity index is 1.88. The van der Waals surface area contributed by atoms with Gasteiger partial charge in [0.1, 0.15) is 4.88 Å². The number of thiophene rings is 1. The summed E-state index contributed by atoms with van der Waals surface area (Å²) >= 11 is 6.88. The molecule has 22 heavy (non-hydrogen) atoms. The normalized spacial score (nSPS) is 10.7. The lowest BCUT2D eigenvalue weighted by atomic mass is 10.1. The van der Waals surface area contributed by atoms with Gasteiger partial charge >= 0.3 is 0 Å². The number of nitrogens with one attached hydrogen (secondary N) is 1. The summed E-state index contributed by atoms with van der Waals surface area (Å²) < 4.78 is 0. The van der Waals surface area contributed by atoms with Gasteiger partial charge in [-0.2, -0.15) is 0 Å². The molecule has 1 N–H and O–H groups in total. The number of nitrogens with zero attached hydrogens (tertiary/aromatic N) is 1. The van der Waals surface area contributed by atoms with Crippen LogP contribution in [0.5, 0.6) is 0 Å². The number of thiazole rings is 1. The lowest BCUT2D eigenvalue weighted by Gasteiger charge is -2.01. The van der Waals surface area contributed by atoms with Gasteiger partial charge in [0.05, 0.1) is 11.4 Å². The van der Waals surface area contributed by atoms with Gasteiger partial charge in [0.15, 0.2) is 5.13 Å². The van der Waals surface area contributed by atoms with Crippen LogP contribution in [0.2, 0.25) is 0 Å². The van der Waals surface area contributed by atoms with Gasteiger partial charge in [-0.15, -0.1) is 22.7 Å². The van der Waals surface area contributed by atoms with Crippen LogP contribution in [0.25, 0.3) is 11.3 Å². The molecule has 0 spiro atoms. The Bertz CT molecular complexity index is 836. The third kappa shape index (κ3) is 3.24. The van der Waals surface area contributed by atoms with Gasteiger partial charge in [0.25, 0.3) is 0 Å². The number of aromatic nitrogens is 1. The number of benzene rings is 1. The van der Waals surface area contributed by atoms with Crippen molar-refractivity contribution in [3.8, 4) is 11.3 Å². The second-order valence-corrected chi connectivity index (χ2v) is 7.46. The van der Waals surface area contributed by atoms with Gasteiger partial charge in [-0.25, -0.2) is 4.98 Å². The van der Waals surface area contributed by atoms with Gasteiger partial charge in [-0.05, 0) is 26.0 Å². The Morgan fingerprint density at radius 2 is 2.09 bits per heavy atom. The molecular formula is C16H14N2OS3. The smallest absolute Gasteiger partial charge is 0.228 e. The number of rotatable bonds is 4.